The molecule has 1 unspecified atom stereocenters. The summed E-state index contributed by atoms with van der Waals surface area (Å²) in [4.78, 5) is 15.0. The minimum Gasteiger partial charge on any atom is -0.381 e. The summed E-state index contributed by atoms with van der Waals surface area (Å²) in [5.74, 6) is 2.31. The molecular weight excluding hydrogens is 318 g/mol. The van der Waals surface area contributed by atoms with Crippen LogP contribution in [0.15, 0.2) is 0 Å². The summed E-state index contributed by atoms with van der Waals surface area (Å²) in [5.41, 5.74) is 3.62. The molecule has 3 heterocycles. The van der Waals surface area contributed by atoms with Gasteiger partial charge in [-0.2, -0.15) is 5.10 Å². The summed E-state index contributed by atoms with van der Waals surface area (Å²) in [6, 6.07) is 0. The molecule has 1 aromatic heterocycles. The summed E-state index contributed by atoms with van der Waals surface area (Å²) in [7, 11) is 0. The largest absolute Gasteiger partial charge is 0.381 e. The van der Waals surface area contributed by atoms with E-state index in [1.807, 2.05) is 6.92 Å². The molecule has 2 aliphatic heterocycles. The van der Waals surface area contributed by atoms with Gasteiger partial charge in [-0.25, -0.2) is 0 Å². The number of hydrogen-bond acceptors (Lipinski definition) is 4. The monoisotopic (exact) mass is 345 g/mol. The fourth-order valence-corrected chi connectivity index (χ4v) is 4.58. The van der Waals surface area contributed by atoms with Crippen LogP contribution in [-0.4, -0.2) is 47.0 Å². The van der Waals surface area contributed by atoms with Crippen LogP contribution in [0.3, 0.4) is 0 Å². The van der Waals surface area contributed by atoms with Crippen molar-refractivity contribution in [1.29, 1.82) is 0 Å². The summed E-state index contributed by atoms with van der Waals surface area (Å²) >= 11 is 0. The van der Waals surface area contributed by atoms with Gasteiger partial charge >= 0.3 is 0 Å². The fourth-order valence-electron chi connectivity index (χ4n) is 4.58. The standard InChI is InChI=1S/C19H27N3O3/c1-2-24-11-16-13-8-21(19(23)18-14-9-25-10-15(14)18)6-5-17(13)22(20-16)7-12-3-4-12/h12,14-15,18H,2-11H2,1H3/t14-,15+,18?. The molecule has 0 bridgehead atoms. The van der Waals surface area contributed by atoms with Crippen molar-refractivity contribution in [3.05, 3.63) is 17.0 Å². The third kappa shape index (κ3) is 2.79. The number of hydrogen-bond donors (Lipinski definition) is 0. The van der Waals surface area contributed by atoms with Gasteiger partial charge in [0.25, 0.3) is 0 Å². The second-order valence-electron chi connectivity index (χ2n) is 8.04. The quantitative estimate of drug-likeness (QED) is 0.786. The van der Waals surface area contributed by atoms with Gasteiger partial charge in [-0.15, -0.1) is 0 Å². The van der Waals surface area contributed by atoms with Crippen molar-refractivity contribution in [3.8, 4) is 0 Å². The maximum Gasteiger partial charge on any atom is 0.226 e. The van der Waals surface area contributed by atoms with Crippen LogP contribution in [0.1, 0.15) is 36.7 Å². The Morgan fingerprint density at radius 1 is 1.32 bits per heavy atom. The van der Waals surface area contributed by atoms with E-state index in [-0.39, 0.29) is 5.92 Å². The maximum atomic E-state index is 12.9. The van der Waals surface area contributed by atoms with Gasteiger partial charge in [0.15, 0.2) is 0 Å². The van der Waals surface area contributed by atoms with Gasteiger partial charge < -0.3 is 14.4 Å². The Hall–Kier alpha value is -1.40. The van der Waals surface area contributed by atoms with Gasteiger partial charge in [-0.05, 0) is 37.5 Å². The Morgan fingerprint density at radius 2 is 2.12 bits per heavy atom. The molecule has 6 nitrogen and oxygen atoms in total. The topological polar surface area (TPSA) is 56.6 Å². The van der Waals surface area contributed by atoms with E-state index in [1.54, 1.807) is 0 Å². The first-order chi connectivity index (χ1) is 12.3. The SMILES string of the molecule is CCOCc1nn(CC2CC2)c2c1CN(C(=O)C1[C@H]3COC[C@@H]13)CC2. The van der Waals surface area contributed by atoms with E-state index in [4.69, 9.17) is 14.6 Å². The molecule has 3 fully saturated rings. The summed E-state index contributed by atoms with van der Waals surface area (Å²) in [6.07, 6.45) is 3.57. The van der Waals surface area contributed by atoms with Crippen LogP contribution in [0.5, 0.6) is 0 Å². The van der Waals surface area contributed by atoms with Crippen LogP contribution in [0.2, 0.25) is 0 Å². The zero-order valence-corrected chi connectivity index (χ0v) is 14.9. The zero-order valence-electron chi connectivity index (χ0n) is 14.9. The normalized spacial score (nSPS) is 30.3. The van der Waals surface area contributed by atoms with Crippen molar-refractivity contribution in [2.45, 2.75) is 45.9 Å². The van der Waals surface area contributed by atoms with Crippen LogP contribution < -0.4 is 0 Å². The Kier molecular flexibility index (Phi) is 3.86. The van der Waals surface area contributed by atoms with Crippen LogP contribution in [-0.2, 0) is 40.4 Å². The number of carbonyl (C=O) groups is 1. The van der Waals surface area contributed by atoms with Crippen molar-refractivity contribution in [1.82, 2.24) is 14.7 Å². The molecule has 2 aliphatic carbocycles. The molecular formula is C19H27N3O3. The number of rotatable bonds is 6. The van der Waals surface area contributed by atoms with Gasteiger partial charge in [-0.1, -0.05) is 0 Å². The second-order valence-corrected chi connectivity index (χ2v) is 8.04. The fraction of sp³-hybridized carbons (Fsp3) is 0.789. The Morgan fingerprint density at radius 3 is 2.84 bits per heavy atom. The Labute approximate surface area is 148 Å². The lowest BCUT2D eigenvalue weighted by Gasteiger charge is -2.28. The van der Waals surface area contributed by atoms with E-state index >= 15 is 0 Å². The number of amides is 1. The molecule has 0 N–H and O–H groups in total. The number of fused-ring (bicyclic) bond motifs is 2. The first-order valence-corrected chi connectivity index (χ1v) is 9.78. The third-order valence-corrected chi connectivity index (χ3v) is 6.34. The molecule has 0 radical (unpaired) electrons. The van der Waals surface area contributed by atoms with Crippen LogP contribution in [0.25, 0.3) is 0 Å². The lowest BCUT2D eigenvalue weighted by Crippen LogP contribution is -2.38. The highest BCUT2D eigenvalue weighted by atomic mass is 16.5. The summed E-state index contributed by atoms with van der Waals surface area (Å²) < 4.78 is 13.3. The smallest absolute Gasteiger partial charge is 0.226 e. The average molecular weight is 345 g/mol. The van der Waals surface area contributed by atoms with Gasteiger partial charge in [0, 0.05) is 49.8 Å². The Balaban J connectivity index is 1.34. The lowest BCUT2D eigenvalue weighted by atomic mass is 10.0. The highest BCUT2D eigenvalue weighted by Gasteiger charge is 2.59. The number of ether oxygens (including phenoxy) is 2. The molecule has 25 heavy (non-hydrogen) atoms. The van der Waals surface area contributed by atoms with Gasteiger partial charge in [-0.3, -0.25) is 9.48 Å². The predicted octanol–water partition coefficient (Wildman–Crippen LogP) is 1.61. The molecule has 3 atom stereocenters. The van der Waals surface area contributed by atoms with Gasteiger partial charge in [0.05, 0.1) is 25.5 Å². The van der Waals surface area contributed by atoms with Crippen LogP contribution in [0.4, 0.5) is 0 Å². The second kappa shape index (κ2) is 6.09. The molecule has 2 saturated carbocycles. The predicted molar refractivity (Wildman–Crippen MR) is 90.7 cm³/mol. The molecule has 1 aromatic rings. The first-order valence-electron chi connectivity index (χ1n) is 9.78. The van der Waals surface area contributed by atoms with E-state index in [0.29, 0.717) is 37.5 Å². The van der Waals surface area contributed by atoms with Crippen LogP contribution >= 0.6 is 0 Å². The first kappa shape index (κ1) is 15.8. The lowest BCUT2D eigenvalue weighted by molar-refractivity contribution is -0.135. The summed E-state index contributed by atoms with van der Waals surface area (Å²) in [5, 5.41) is 4.85. The zero-order chi connectivity index (χ0) is 17.0. The van der Waals surface area contributed by atoms with Crippen molar-refractivity contribution < 1.29 is 14.3 Å². The summed E-state index contributed by atoms with van der Waals surface area (Å²) in [6.45, 7) is 7.37. The minimum absolute atomic E-state index is 0.215. The number of aromatic nitrogens is 2. The minimum atomic E-state index is 0.215. The average Bonchev–Trinajstić information content (AvgIpc) is 3.50. The molecule has 0 spiro atoms. The van der Waals surface area contributed by atoms with Crippen molar-refractivity contribution in [3.63, 3.8) is 0 Å². The van der Waals surface area contributed by atoms with Crippen LogP contribution in [0, 0.1) is 23.7 Å². The Bertz CT molecular complexity index is 672. The van der Waals surface area contributed by atoms with Crippen molar-refractivity contribution in [2.24, 2.45) is 23.7 Å². The highest BCUT2D eigenvalue weighted by molar-refractivity contribution is 5.83. The molecule has 4 aliphatic rings. The van der Waals surface area contributed by atoms with Crippen molar-refractivity contribution in [2.75, 3.05) is 26.4 Å². The highest BCUT2D eigenvalue weighted by Crippen LogP contribution is 2.51. The van der Waals surface area contributed by atoms with E-state index < -0.39 is 0 Å². The third-order valence-electron chi connectivity index (χ3n) is 6.34. The van der Waals surface area contributed by atoms with Crippen molar-refractivity contribution >= 4 is 5.91 Å². The van der Waals surface area contributed by atoms with Gasteiger partial charge in [0.1, 0.15) is 0 Å². The molecule has 1 amide bonds. The number of carbonyl (C=O) groups excluding carboxylic acids is 1. The molecule has 5 rings (SSSR count). The van der Waals surface area contributed by atoms with E-state index in [1.165, 1.54) is 24.1 Å². The molecule has 6 heteroatoms. The maximum absolute atomic E-state index is 12.9. The van der Waals surface area contributed by atoms with E-state index in [0.717, 1.165) is 44.3 Å². The number of nitrogens with zero attached hydrogens (tertiary/aromatic N) is 3. The van der Waals surface area contributed by atoms with Gasteiger partial charge in [0.2, 0.25) is 5.91 Å². The van der Waals surface area contributed by atoms with E-state index in [9.17, 15) is 4.79 Å². The van der Waals surface area contributed by atoms with E-state index in [2.05, 4.69) is 9.58 Å². The molecule has 136 valence electrons. The molecule has 1 saturated heterocycles. The molecule has 0 aromatic carbocycles.